The van der Waals surface area contributed by atoms with E-state index in [-0.39, 0.29) is 17.4 Å². The van der Waals surface area contributed by atoms with Crippen LogP contribution in [-0.4, -0.2) is 38.7 Å². The molecule has 1 aliphatic heterocycles. The van der Waals surface area contributed by atoms with Crippen molar-refractivity contribution >= 4 is 35.1 Å². The molecule has 2 heterocycles. The average molecular weight is 498 g/mol. The minimum Gasteiger partial charge on any atom is -0.343 e. The molecule has 3 aromatic rings. The van der Waals surface area contributed by atoms with Crippen molar-refractivity contribution in [2.75, 3.05) is 17.8 Å². The Balaban J connectivity index is 1.58. The van der Waals surface area contributed by atoms with Gasteiger partial charge in [0.1, 0.15) is 5.82 Å². The Morgan fingerprint density at radius 1 is 1.09 bits per heavy atom. The quantitative estimate of drug-likeness (QED) is 0.407. The van der Waals surface area contributed by atoms with Crippen molar-refractivity contribution < 1.29 is 4.79 Å². The Hall–Kier alpha value is -2.51. The van der Waals surface area contributed by atoms with E-state index in [0.717, 1.165) is 53.7 Å². The maximum Gasteiger partial charge on any atom is 0.219 e. The van der Waals surface area contributed by atoms with Crippen molar-refractivity contribution in [1.82, 2.24) is 19.7 Å². The van der Waals surface area contributed by atoms with Crippen LogP contribution >= 0.6 is 23.5 Å². The van der Waals surface area contributed by atoms with Gasteiger partial charge in [-0.25, -0.2) is 0 Å². The standard InChI is InChI=1S/C26H32ClN5OS/c1-17-28-29-25(32(17)21-12-14-31(15-13-21)18(2)33)23-16-20(27)8-11-24(23)30-34-22-9-6-19(7-10-22)26(3,4)5/h6-11,16,21,30H,12-15H2,1-5H3. The number of anilines is 1. The maximum atomic E-state index is 11.8. The van der Waals surface area contributed by atoms with Gasteiger partial charge in [-0.3, -0.25) is 4.79 Å². The average Bonchev–Trinajstić information content (AvgIpc) is 3.19. The highest BCUT2D eigenvalue weighted by Gasteiger charge is 2.27. The van der Waals surface area contributed by atoms with Gasteiger partial charge in [-0.2, -0.15) is 0 Å². The summed E-state index contributed by atoms with van der Waals surface area (Å²) in [5.74, 6) is 1.80. The molecule has 1 aliphatic rings. The second-order valence-corrected chi connectivity index (χ2v) is 11.2. The zero-order valence-corrected chi connectivity index (χ0v) is 22.0. The van der Waals surface area contributed by atoms with Crippen LogP contribution in [0.5, 0.6) is 0 Å². The van der Waals surface area contributed by atoms with Gasteiger partial charge in [-0.1, -0.05) is 44.5 Å². The minimum absolute atomic E-state index is 0.127. The second-order valence-electron chi connectivity index (χ2n) is 9.85. The van der Waals surface area contributed by atoms with Gasteiger partial charge in [-0.15, -0.1) is 10.2 Å². The molecule has 1 N–H and O–H groups in total. The molecule has 1 amide bonds. The van der Waals surface area contributed by atoms with Gasteiger partial charge in [0.05, 0.1) is 5.69 Å². The van der Waals surface area contributed by atoms with Gasteiger partial charge in [0, 0.05) is 41.5 Å². The van der Waals surface area contributed by atoms with Crippen molar-refractivity contribution in [2.24, 2.45) is 0 Å². The Kier molecular flexibility index (Phi) is 7.24. The highest BCUT2D eigenvalue weighted by Crippen LogP contribution is 2.36. The number of halogens is 1. The number of aromatic nitrogens is 3. The van der Waals surface area contributed by atoms with E-state index in [2.05, 4.69) is 64.5 Å². The normalized spacial score (nSPS) is 14.9. The van der Waals surface area contributed by atoms with E-state index in [1.807, 2.05) is 30.0 Å². The number of nitrogens with one attached hydrogen (secondary N) is 1. The summed E-state index contributed by atoms with van der Waals surface area (Å²) < 4.78 is 5.70. The number of aryl methyl sites for hydroxylation is 1. The number of amides is 1. The van der Waals surface area contributed by atoms with Crippen LogP contribution in [-0.2, 0) is 10.2 Å². The highest BCUT2D eigenvalue weighted by molar-refractivity contribution is 8.00. The first kappa shape index (κ1) is 24.6. The Bertz CT molecular complexity index is 1160. The van der Waals surface area contributed by atoms with Crippen LogP contribution in [0.1, 0.15) is 58.0 Å². The largest absolute Gasteiger partial charge is 0.343 e. The third-order valence-electron chi connectivity index (χ3n) is 6.36. The van der Waals surface area contributed by atoms with E-state index in [9.17, 15) is 4.79 Å². The van der Waals surface area contributed by atoms with Crippen LogP contribution in [0.4, 0.5) is 5.69 Å². The van der Waals surface area contributed by atoms with Crippen molar-refractivity contribution in [3.63, 3.8) is 0 Å². The van der Waals surface area contributed by atoms with E-state index >= 15 is 0 Å². The molecule has 2 aromatic carbocycles. The smallest absolute Gasteiger partial charge is 0.219 e. The van der Waals surface area contributed by atoms with Crippen LogP contribution < -0.4 is 4.72 Å². The molecule has 180 valence electrons. The second kappa shape index (κ2) is 10.0. The molecule has 0 spiro atoms. The molecule has 0 saturated carbocycles. The van der Waals surface area contributed by atoms with Crippen LogP contribution in [0.25, 0.3) is 11.4 Å². The lowest BCUT2D eigenvalue weighted by Gasteiger charge is -2.33. The zero-order chi connectivity index (χ0) is 24.5. The number of benzene rings is 2. The number of carbonyl (C=O) groups excluding carboxylic acids is 1. The van der Waals surface area contributed by atoms with E-state index < -0.39 is 0 Å². The molecule has 1 aromatic heterocycles. The first-order valence-electron chi connectivity index (χ1n) is 11.6. The molecule has 6 nitrogen and oxygen atoms in total. The predicted molar refractivity (Wildman–Crippen MR) is 140 cm³/mol. The summed E-state index contributed by atoms with van der Waals surface area (Å²) in [4.78, 5) is 14.8. The van der Waals surface area contributed by atoms with Gasteiger partial charge in [-0.05, 0) is 73.0 Å². The molecule has 0 bridgehead atoms. The molecule has 0 aliphatic carbocycles. The van der Waals surface area contributed by atoms with Crippen molar-refractivity contribution in [1.29, 1.82) is 0 Å². The summed E-state index contributed by atoms with van der Waals surface area (Å²) in [5, 5.41) is 9.59. The lowest BCUT2D eigenvalue weighted by molar-refractivity contribution is -0.130. The van der Waals surface area contributed by atoms with E-state index in [1.165, 1.54) is 5.56 Å². The first-order valence-corrected chi connectivity index (χ1v) is 12.8. The number of hydrogen-bond acceptors (Lipinski definition) is 5. The summed E-state index contributed by atoms with van der Waals surface area (Å²) in [6.45, 7) is 11.8. The van der Waals surface area contributed by atoms with Gasteiger partial charge in [0.15, 0.2) is 5.82 Å². The highest BCUT2D eigenvalue weighted by atomic mass is 35.5. The SMILES string of the molecule is CC(=O)N1CCC(n2c(C)nnc2-c2cc(Cl)ccc2NSc2ccc(C(C)(C)C)cc2)CC1. The molecule has 0 radical (unpaired) electrons. The monoisotopic (exact) mass is 497 g/mol. The maximum absolute atomic E-state index is 11.8. The Morgan fingerprint density at radius 3 is 2.38 bits per heavy atom. The Labute approximate surface area is 211 Å². The lowest BCUT2D eigenvalue weighted by atomic mass is 9.87. The molecule has 34 heavy (non-hydrogen) atoms. The lowest BCUT2D eigenvalue weighted by Crippen LogP contribution is -2.38. The summed E-state index contributed by atoms with van der Waals surface area (Å²) >= 11 is 7.97. The molecule has 1 saturated heterocycles. The Morgan fingerprint density at radius 2 is 1.76 bits per heavy atom. The molecule has 1 fully saturated rings. The fourth-order valence-corrected chi connectivity index (χ4v) is 5.21. The van der Waals surface area contributed by atoms with Gasteiger partial charge in [0.25, 0.3) is 0 Å². The molecule has 0 unspecified atom stereocenters. The van der Waals surface area contributed by atoms with E-state index in [0.29, 0.717) is 5.02 Å². The van der Waals surface area contributed by atoms with Crippen LogP contribution in [0, 0.1) is 6.92 Å². The number of nitrogens with zero attached hydrogens (tertiary/aromatic N) is 4. The summed E-state index contributed by atoms with van der Waals surface area (Å²) in [5.41, 5.74) is 3.29. The van der Waals surface area contributed by atoms with Gasteiger partial charge < -0.3 is 14.2 Å². The van der Waals surface area contributed by atoms with Crippen LogP contribution in [0.2, 0.25) is 5.02 Å². The van der Waals surface area contributed by atoms with Crippen molar-refractivity contribution in [3.05, 3.63) is 58.9 Å². The molecule has 0 atom stereocenters. The number of piperidine rings is 1. The van der Waals surface area contributed by atoms with Gasteiger partial charge >= 0.3 is 0 Å². The summed E-state index contributed by atoms with van der Waals surface area (Å²) in [7, 11) is 0. The third-order valence-corrected chi connectivity index (χ3v) is 7.43. The number of carbonyl (C=O) groups is 1. The van der Waals surface area contributed by atoms with E-state index in [1.54, 1.807) is 18.9 Å². The number of rotatable bonds is 5. The fraction of sp³-hybridized carbons (Fsp3) is 0.423. The van der Waals surface area contributed by atoms with E-state index in [4.69, 9.17) is 11.6 Å². The van der Waals surface area contributed by atoms with Crippen molar-refractivity contribution in [3.8, 4) is 11.4 Å². The summed E-state index contributed by atoms with van der Waals surface area (Å²) in [6.07, 6.45) is 1.76. The topological polar surface area (TPSA) is 63.1 Å². The fourth-order valence-electron chi connectivity index (χ4n) is 4.36. The van der Waals surface area contributed by atoms with Gasteiger partial charge in [0.2, 0.25) is 5.91 Å². The molecular formula is C26H32ClN5OS. The minimum atomic E-state index is 0.127. The van der Waals surface area contributed by atoms with Crippen molar-refractivity contribution in [2.45, 2.75) is 63.8 Å². The number of hydrogen-bond donors (Lipinski definition) is 1. The van der Waals surface area contributed by atoms with Crippen LogP contribution in [0.3, 0.4) is 0 Å². The molecule has 4 rings (SSSR count). The van der Waals surface area contributed by atoms with Crippen LogP contribution in [0.15, 0.2) is 47.4 Å². The predicted octanol–water partition coefficient (Wildman–Crippen LogP) is 6.51. The zero-order valence-electron chi connectivity index (χ0n) is 20.4. The first-order chi connectivity index (χ1) is 16.1. The summed E-state index contributed by atoms with van der Waals surface area (Å²) in [6, 6.07) is 14.7. The molecule has 8 heteroatoms. The third kappa shape index (κ3) is 5.41. The number of likely N-dealkylation sites (tertiary alicyclic amines) is 1. The molecular weight excluding hydrogens is 466 g/mol.